The fourth-order valence-corrected chi connectivity index (χ4v) is 2.82. The molecule has 3 heteroatoms. The summed E-state index contributed by atoms with van der Waals surface area (Å²) in [5, 5.41) is 10.3. The van der Waals surface area contributed by atoms with Gasteiger partial charge in [0.15, 0.2) is 0 Å². The Labute approximate surface area is 103 Å². The third-order valence-corrected chi connectivity index (χ3v) is 3.86. The molecule has 0 saturated heterocycles. The summed E-state index contributed by atoms with van der Waals surface area (Å²) in [5.74, 6) is 0.438. The van der Waals surface area contributed by atoms with Gasteiger partial charge < -0.3 is 9.94 Å². The highest BCUT2D eigenvalue weighted by molar-refractivity contribution is 5.55. The van der Waals surface area contributed by atoms with Gasteiger partial charge in [0.05, 0.1) is 7.11 Å². The van der Waals surface area contributed by atoms with Crippen molar-refractivity contribution in [2.45, 2.75) is 46.1 Å². The Morgan fingerprint density at radius 3 is 2.29 bits per heavy atom. The molecule has 1 aromatic rings. The van der Waals surface area contributed by atoms with Crippen LogP contribution in [0.1, 0.15) is 40.7 Å². The minimum atomic E-state index is 0.438. The first kappa shape index (κ1) is 12.4. The van der Waals surface area contributed by atoms with Crippen molar-refractivity contribution in [3.8, 4) is 5.75 Å². The molecule has 0 aromatic heterocycles. The van der Waals surface area contributed by atoms with Gasteiger partial charge >= 0.3 is 0 Å². The molecule has 0 radical (unpaired) electrons. The van der Waals surface area contributed by atoms with Crippen molar-refractivity contribution >= 4 is 0 Å². The van der Waals surface area contributed by atoms with Gasteiger partial charge in [-0.05, 0) is 61.8 Å². The van der Waals surface area contributed by atoms with Gasteiger partial charge in [-0.3, -0.25) is 0 Å². The van der Waals surface area contributed by atoms with E-state index in [0.29, 0.717) is 12.3 Å². The first-order chi connectivity index (χ1) is 8.16. The molecule has 0 bridgehead atoms. The number of hydrogen-bond acceptors (Lipinski definition) is 3. The van der Waals surface area contributed by atoms with Crippen LogP contribution in [0.5, 0.6) is 5.75 Å². The number of benzene rings is 1. The van der Waals surface area contributed by atoms with E-state index >= 15 is 0 Å². The van der Waals surface area contributed by atoms with E-state index in [-0.39, 0.29) is 0 Å². The molecule has 1 aromatic carbocycles. The second-order valence-corrected chi connectivity index (χ2v) is 4.77. The molecule has 0 fully saturated rings. The predicted molar refractivity (Wildman–Crippen MR) is 68.1 cm³/mol. The zero-order valence-electron chi connectivity index (χ0n) is 10.9. The quantitative estimate of drug-likeness (QED) is 0.791. The number of phenolic OH excluding ortho intramolecular Hbond substituents is 1. The smallest absolute Gasteiger partial charge is 0.123 e. The molecule has 0 heterocycles. The normalized spacial score (nSPS) is 14.8. The molecule has 0 amide bonds. The van der Waals surface area contributed by atoms with Crippen molar-refractivity contribution in [3.05, 3.63) is 27.8 Å². The fraction of sp³-hybridized carbons (Fsp3) is 0.571. The second-order valence-electron chi connectivity index (χ2n) is 4.77. The molecule has 94 valence electrons. The van der Waals surface area contributed by atoms with E-state index in [4.69, 9.17) is 4.84 Å². The third kappa shape index (κ3) is 2.17. The van der Waals surface area contributed by atoms with Crippen LogP contribution in [0.4, 0.5) is 0 Å². The van der Waals surface area contributed by atoms with Gasteiger partial charge in [-0.2, -0.15) is 5.48 Å². The van der Waals surface area contributed by atoms with E-state index in [2.05, 4.69) is 12.4 Å². The van der Waals surface area contributed by atoms with E-state index in [9.17, 15) is 5.11 Å². The average molecular weight is 235 g/mol. The van der Waals surface area contributed by atoms with Crippen LogP contribution >= 0.6 is 0 Å². The molecule has 1 aliphatic carbocycles. The van der Waals surface area contributed by atoms with Crippen LogP contribution in [-0.4, -0.2) is 12.2 Å². The minimum absolute atomic E-state index is 0.438. The number of hydroxylamine groups is 1. The Hall–Kier alpha value is -1.06. The molecule has 0 spiro atoms. The minimum Gasteiger partial charge on any atom is -0.507 e. The Balaban J connectivity index is 2.49. The van der Waals surface area contributed by atoms with Crippen LogP contribution in [0.25, 0.3) is 0 Å². The van der Waals surface area contributed by atoms with Crippen LogP contribution in [0.3, 0.4) is 0 Å². The largest absolute Gasteiger partial charge is 0.507 e. The summed E-state index contributed by atoms with van der Waals surface area (Å²) in [5.41, 5.74) is 8.89. The molecule has 0 saturated carbocycles. The topological polar surface area (TPSA) is 41.5 Å². The monoisotopic (exact) mass is 235 g/mol. The van der Waals surface area contributed by atoms with Gasteiger partial charge in [0.25, 0.3) is 0 Å². The van der Waals surface area contributed by atoms with Crippen LogP contribution in [-0.2, 0) is 24.2 Å². The van der Waals surface area contributed by atoms with Gasteiger partial charge in [0, 0.05) is 12.1 Å². The highest BCUT2D eigenvalue weighted by atomic mass is 16.6. The first-order valence-corrected chi connectivity index (χ1v) is 6.25. The highest BCUT2D eigenvalue weighted by Crippen LogP contribution is 2.36. The molecule has 2 N–H and O–H groups in total. The molecule has 0 atom stereocenters. The average Bonchev–Trinajstić information content (AvgIpc) is 2.36. The van der Waals surface area contributed by atoms with E-state index < -0.39 is 0 Å². The number of rotatable bonds is 3. The Morgan fingerprint density at radius 2 is 1.71 bits per heavy atom. The second kappa shape index (κ2) is 5.07. The van der Waals surface area contributed by atoms with Crippen LogP contribution in [0.2, 0.25) is 0 Å². The van der Waals surface area contributed by atoms with Crippen molar-refractivity contribution in [1.82, 2.24) is 5.48 Å². The van der Waals surface area contributed by atoms with Gasteiger partial charge in [0.2, 0.25) is 0 Å². The van der Waals surface area contributed by atoms with E-state index in [1.165, 1.54) is 29.5 Å². The summed E-state index contributed by atoms with van der Waals surface area (Å²) in [6.07, 6.45) is 4.74. The molecule has 0 aliphatic heterocycles. The van der Waals surface area contributed by atoms with Crippen molar-refractivity contribution in [3.63, 3.8) is 0 Å². The Kier molecular flexibility index (Phi) is 3.69. The Bertz CT molecular complexity index is 427. The summed E-state index contributed by atoms with van der Waals surface area (Å²) < 4.78 is 0. The van der Waals surface area contributed by atoms with Gasteiger partial charge in [-0.15, -0.1) is 0 Å². The maximum atomic E-state index is 10.3. The molecular formula is C14H21NO2. The van der Waals surface area contributed by atoms with Crippen molar-refractivity contribution in [1.29, 1.82) is 0 Å². The molecular weight excluding hydrogens is 214 g/mol. The zero-order chi connectivity index (χ0) is 12.4. The van der Waals surface area contributed by atoms with E-state index in [1.807, 2.05) is 6.92 Å². The van der Waals surface area contributed by atoms with Crippen LogP contribution in [0, 0.1) is 13.8 Å². The molecule has 17 heavy (non-hydrogen) atoms. The SMILES string of the molecule is CONCc1c(C)c2c(c(C)c1O)CCCC2. The zero-order valence-corrected chi connectivity index (χ0v) is 10.9. The summed E-state index contributed by atoms with van der Waals surface area (Å²) in [7, 11) is 1.59. The van der Waals surface area contributed by atoms with E-state index in [0.717, 1.165) is 24.0 Å². The maximum absolute atomic E-state index is 10.3. The van der Waals surface area contributed by atoms with Crippen LogP contribution < -0.4 is 5.48 Å². The van der Waals surface area contributed by atoms with Gasteiger partial charge in [-0.1, -0.05) is 0 Å². The predicted octanol–water partition coefficient (Wildman–Crippen LogP) is 2.54. The fourth-order valence-electron chi connectivity index (χ4n) is 2.82. The number of nitrogens with one attached hydrogen (secondary N) is 1. The molecule has 2 rings (SSSR count). The van der Waals surface area contributed by atoms with Gasteiger partial charge in [0.1, 0.15) is 5.75 Å². The Morgan fingerprint density at radius 1 is 1.12 bits per heavy atom. The lowest BCUT2D eigenvalue weighted by Gasteiger charge is -2.24. The number of phenols is 1. The summed E-state index contributed by atoms with van der Waals surface area (Å²) in [6, 6.07) is 0. The van der Waals surface area contributed by atoms with Crippen molar-refractivity contribution in [2.24, 2.45) is 0 Å². The highest BCUT2D eigenvalue weighted by Gasteiger charge is 2.20. The summed E-state index contributed by atoms with van der Waals surface area (Å²) in [4.78, 5) is 4.88. The maximum Gasteiger partial charge on any atom is 0.123 e. The first-order valence-electron chi connectivity index (χ1n) is 6.25. The lowest BCUT2D eigenvalue weighted by atomic mass is 9.83. The van der Waals surface area contributed by atoms with E-state index in [1.54, 1.807) is 7.11 Å². The molecule has 0 unspecified atom stereocenters. The molecule has 3 nitrogen and oxygen atoms in total. The summed E-state index contributed by atoms with van der Waals surface area (Å²) >= 11 is 0. The van der Waals surface area contributed by atoms with Crippen molar-refractivity contribution in [2.75, 3.05) is 7.11 Å². The number of fused-ring (bicyclic) bond motifs is 1. The lowest BCUT2D eigenvalue weighted by Crippen LogP contribution is -2.16. The lowest BCUT2D eigenvalue weighted by molar-refractivity contribution is 0.0859. The summed E-state index contributed by atoms with van der Waals surface area (Å²) in [6.45, 7) is 4.69. The third-order valence-electron chi connectivity index (χ3n) is 3.86. The van der Waals surface area contributed by atoms with Crippen LogP contribution in [0.15, 0.2) is 0 Å². The van der Waals surface area contributed by atoms with Gasteiger partial charge in [-0.25, -0.2) is 0 Å². The van der Waals surface area contributed by atoms with Crippen molar-refractivity contribution < 1.29 is 9.94 Å². The number of hydrogen-bond donors (Lipinski definition) is 2. The molecule has 1 aliphatic rings. The number of aromatic hydroxyl groups is 1. The standard InChI is InChI=1S/C14H21NO2/c1-9-11-6-4-5-7-12(11)10(2)14(16)13(9)8-15-17-3/h15-16H,4-8H2,1-3H3.